The fraction of sp³-hybridized carbons (Fsp3) is 0.615. The topological polar surface area (TPSA) is 61.6 Å². The van der Waals surface area contributed by atoms with Crippen LogP contribution < -0.4 is 5.32 Å². The summed E-state index contributed by atoms with van der Waals surface area (Å²) in [7, 11) is 0. The fourth-order valence-electron chi connectivity index (χ4n) is 1.51. The van der Waals surface area contributed by atoms with Gasteiger partial charge < -0.3 is 5.32 Å². The van der Waals surface area contributed by atoms with E-state index in [1.54, 1.807) is 12.5 Å². The Hall–Kier alpha value is -1.47. The predicted molar refractivity (Wildman–Crippen MR) is 67.0 cm³/mol. The summed E-state index contributed by atoms with van der Waals surface area (Å²) in [6, 6.07) is 4.23. The highest BCUT2D eigenvalue weighted by Gasteiger charge is 2.15. The summed E-state index contributed by atoms with van der Waals surface area (Å²) >= 11 is 0. The van der Waals surface area contributed by atoms with Gasteiger partial charge in [0.1, 0.15) is 6.33 Å². The fourth-order valence-corrected chi connectivity index (χ4v) is 1.51. The first-order valence-corrected chi connectivity index (χ1v) is 6.01. The molecule has 4 nitrogen and oxygen atoms in total. The average molecular weight is 232 g/mol. The Morgan fingerprint density at radius 2 is 2.24 bits per heavy atom. The van der Waals surface area contributed by atoms with Gasteiger partial charge in [0.25, 0.3) is 0 Å². The van der Waals surface area contributed by atoms with Crippen LogP contribution in [0.3, 0.4) is 0 Å². The Bertz CT molecular complexity index is 353. The van der Waals surface area contributed by atoms with Gasteiger partial charge in [0.05, 0.1) is 17.2 Å². The number of aromatic nitrogens is 2. The molecule has 0 saturated heterocycles. The quantitative estimate of drug-likeness (QED) is 0.733. The summed E-state index contributed by atoms with van der Waals surface area (Å²) in [4.78, 5) is 8.00. The molecular formula is C13H20N4. The number of rotatable bonds is 7. The van der Waals surface area contributed by atoms with E-state index in [1.807, 2.05) is 19.9 Å². The molecule has 0 aliphatic carbocycles. The zero-order valence-corrected chi connectivity index (χ0v) is 10.6. The van der Waals surface area contributed by atoms with Crippen molar-refractivity contribution in [1.82, 2.24) is 15.3 Å². The summed E-state index contributed by atoms with van der Waals surface area (Å²) in [5, 5.41) is 12.2. The zero-order valence-electron chi connectivity index (χ0n) is 10.6. The van der Waals surface area contributed by atoms with Crippen molar-refractivity contribution in [2.24, 2.45) is 5.41 Å². The minimum absolute atomic E-state index is 0.188. The van der Waals surface area contributed by atoms with Gasteiger partial charge in [-0.2, -0.15) is 5.26 Å². The van der Waals surface area contributed by atoms with Gasteiger partial charge in [0.2, 0.25) is 0 Å². The van der Waals surface area contributed by atoms with E-state index in [2.05, 4.69) is 21.4 Å². The van der Waals surface area contributed by atoms with Gasteiger partial charge in [0, 0.05) is 12.7 Å². The number of nitriles is 1. The molecule has 0 fully saturated rings. The highest BCUT2D eigenvalue weighted by Crippen LogP contribution is 2.21. The molecule has 0 aromatic carbocycles. The second-order valence-corrected chi connectivity index (χ2v) is 4.83. The maximum absolute atomic E-state index is 8.87. The number of nitrogens with zero attached hydrogens (tertiary/aromatic N) is 3. The minimum Gasteiger partial charge on any atom is -0.311 e. The van der Waals surface area contributed by atoms with Crippen molar-refractivity contribution in [2.45, 2.75) is 39.7 Å². The Balaban J connectivity index is 2.04. The average Bonchev–Trinajstić information content (AvgIpc) is 2.35. The minimum atomic E-state index is -0.188. The van der Waals surface area contributed by atoms with E-state index >= 15 is 0 Å². The van der Waals surface area contributed by atoms with Crippen LogP contribution in [0, 0.1) is 16.7 Å². The van der Waals surface area contributed by atoms with Crippen molar-refractivity contribution >= 4 is 0 Å². The number of hydrogen-bond acceptors (Lipinski definition) is 4. The van der Waals surface area contributed by atoms with Crippen LogP contribution in [0.4, 0.5) is 0 Å². The van der Waals surface area contributed by atoms with Gasteiger partial charge in [-0.15, -0.1) is 0 Å². The molecule has 0 bridgehead atoms. The molecule has 0 unspecified atom stereocenters. The third-order valence-corrected chi connectivity index (χ3v) is 2.66. The van der Waals surface area contributed by atoms with E-state index in [9.17, 15) is 0 Å². The third-order valence-electron chi connectivity index (χ3n) is 2.66. The summed E-state index contributed by atoms with van der Waals surface area (Å²) in [6.45, 7) is 5.72. The number of hydrogen-bond donors (Lipinski definition) is 1. The summed E-state index contributed by atoms with van der Waals surface area (Å²) < 4.78 is 0. The zero-order chi connectivity index (χ0) is 12.6. The van der Waals surface area contributed by atoms with Crippen molar-refractivity contribution in [1.29, 1.82) is 5.26 Å². The highest BCUT2D eigenvalue weighted by molar-refractivity contribution is 4.96. The van der Waals surface area contributed by atoms with Crippen molar-refractivity contribution in [3.05, 3.63) is 24.3 Å². The lowest BCUT2D eigenvalue weighted by Crippen LogP contribution is -2.16. The number of nitrogens with one attached hydrogen (secondary N) is 1. The van der Waals surface area contributed by atoms with Crippen molar-refractivity contribution in [3.63, 3.8) is 0 Å². The maximum atomic E-state index is 8.87. The highest BCUT2D eigenvalue weighted by atomic mass is 14.9. The van der Waals surface area contributed by atoms with E-state index in [4.69, 9.17) is 5.26 Å². The normalized spacial score (nSPS) is 11.1. The van der Waals surface area contributed by atoms with Gasteiger partial charge in [-0.3, -0.25) is 0 Å². The van der Waals surface area contributed by atoms with Crippen molar-refractivity contribution in [2.75, 3.05) is 6.54 Å². The first kappa shape index (κ1) is 13.6. The predicted octanol–water partition coefficient (Wildman–Crippen LogP) is 2.29. The molecule has 1 rings (SSSR count). The van der Waals surface area contributed by atoms with Gasteiger partial charge in [-0.1, -0.05) is 6.42 Å². The van der Waals surface area contributed by atoms with Crippen LogP contribution in [0.1, 0.15) is 38.8 Å². The molecule has 0 aliphatic heterocycles. The van der Waals surface area contributed by atoms with Crippen molar-refractivity contribution in [3.8, 4) is 6.07 Å². The van der Waals surface area contributed by atoms with Crippen LogP contribution in [0.15, 0.2) is 18.6 Å². The van der Waals surface area contributed by atoms with Crippen LogP contribution in [-0.4, -0.2) is 16.5 Å². The molecule has 0 amide bonds. The molecular weight excluding hydrogens is 212 g/mol. The second kappa shape index (κ2) is 6.97. The van der Waals surface area contributed by atoms with E-state index in [1.165, 1.54) is 0 Å². The lowest BCUT2D eigenvalue weighted by molar-refractivity contribution is 0.422. The lowest BCUT2D eigenvalue weighted by atomic mass is 9.89. The first-order valence-electron chi connectivity index (χ1n) is 6.01. The maximum Gasteiger partial charge on any atom is 0.115 e. The van der Waals surface area contributed by atoms with E-state index < -0.39 is 0 Å². The molecule has 0 aliphatic rings. The molecule has 0 saturated carbocycles. The summed E-state index contributed by atoms with van der Waals surface area (Å²) in [5.41, 5.74) is 0.824. The van der Waals surface area contributed by atoms with Crippen LogP contribution in [0.5, 0.6) is 0 Å². The summed E-state index contributed by atoms with van der Waals surface area (Å²) in [5.74, 6) is 0. The standard InChI is InChI=1S/C13H20N4/c1-13(2,10-14)6-3-4-7-15-9-12-5-8-16-11-17-12/h5,8,11,15H,3-4,6-7,9H2,1-2H3. The van der Waals surface area contributed by atoms with Gasteiger partial charge in [-0.25, -0.2) is 9.97 Å². The van der Waals surface area contributed by atoms with E-state index in [-0.39, 0.29) is 5.41 Å². The van der Waals surface area contributed by atoms with Crippen LogP contribution >= 0.6 is 0 Å². The smallest absolute Gasteiger partial charge is 0.115 e. The van der Waals surface area contributed by atoms with E-state index in [0.29, 0.717) is 0 Å². The van der Waals surface area contributed by atoms with Crippen LogP contribution in [-0.2, 0) is 6.54 Å². The Morgan fingerprint density at radius 1 is 1.41 bits per heavy atom. The van der Waals surface area contributed by atoms with Gasteiger partial charge >= 0.3 is 0 Å². The lowest BCUT2D eigenvalue weighted by Gasteiger charge is -2.14. The molecule has 17 heavy (non-hydrogen) atoms. The molecule has 0 spiro atoms. The summed E-state index contributed by atoms with van der Waals surface area (Å²) in [6.07, 6.45) is 6.44. The molecule has 4 heteroatoms. The monoisotopic (exact) mass is 232 g/mol. The van der Waals surface area contributed by atoms with Gasteiger partial charge in [-0.05, 0) is 39.3 Å². The third kappa shape index (κ3) is 5.98. The Kier molecular flexibility index (Phi) is 5.58. The molecule has 1 heterocycles. The van der Waals surface area contributed by atoms with Crippen molar-refractivity contribution < 1.29 is 0 Å². The van der Waals surface area contributed by atoms with Gasteiger partial charge in [0.15, 0.2) is 0 Å². The van der Waals surface area contributed by atoms with Crippen LogP contribution in [0.25, 0.3) is 0 Å². The molecule has 1 aromatic heterocycles. The van der Waals surface area contributed by atoms with E-state index in [0.717, 1.165) is 38.0 Å². The second-order valence-electron chi connectivity index (χ2n) is 4.83. The molecule has 92 valence electrons. The SMILES string of the molecule is CC(C)(C#N)CCCCNCc1ccncn1. The Morgan fingerprint density at radius 3 is 2.88 bits per heavy atom. The molecule has 1 aromatic rings. The molecule has 0 radical (unpaired) electrons. The van der Waals surface area contributed by atoms with Crippen LogP contribution in [0.2, 0.25) is 0 Å². The largest absolute Gasteiger partial charge is 0.311 e. The number of unbranched alkanes of at least 4 members (excludes halogenated alkanes) is 1. The molecule has 1 N–H and O–H groups in total. The Labute approximate surface area is 103 Å². The molecule has 0 atom stereocenters. The first-order chi connectivity index (χ1) is 8.14.